The highest BCUT2D eigenvalue weighted by Gasteiger charge is 2.24. The van der Waals surface area contributed by atoms with Gasteiger partial charge in [0, 0.05) is 28.0 Å². The van der Waals surface area contributed by atoms with E-state index in [1.807, 2.05) is 0 Å². The number of aromatic nitrogens is 1. The minimum Gasteiger partial charge on any atom is -0.306 e. The summed E-state index contributed by atoms with van der Waals surface area (Å²) in [5, 5.41) is 0.486. The molecule has 3 aromatic carbocycles. The molecule has 0 aliphatic heterocycles. The fraction of sp³-hybridized carbons (Fsp3) is 0.143. The molecule has 138 valence electrons. The molecule has 0 fully saturated rings. The van der Waals surface area contributed by atoms with Gasteiger partial charge in [-0.1, -0.05) is 11.6 Å². The van der Waals surface area contributed by atoms with E-state index in [1.165, 1.54) is 6.92 Å². The molecule has 0 unspecified atom stereocenters. The lowest BCUT2D eigenvalue weighted by molar-refractivity contribution is 0.483. The molecular weight excluding hydrogens is 361 g/mol. The molecule has 0 atom stereocenters. The Balaban J connectivity index is 2.28. The van der Waals surface area contributed by atoms with Gasteiger partial charge in [-0.3, -0.25) is 0 Å². The standard InChI is InChI=1S/C21H14F5N/c1-9-4-5-15-12(6-9)18-16(7-13(22)10(2)19(18)24)27(15)17-8-14(23)11(3)20(25)21(17)26/h4-8H,1-3H3. The fourth-order valence-corrected chi connectivity index (χ4v) is 3.41. The molecular formula is C21H14F5N. The van der Waals surface area contributed by atoms with Crippen LogP contribution in [0.2, 0.25) is 0 Å². The Labute approximate surface area is 151 Å². The summed E-state index contributed by atoms with van der Waals surface area (Å²) in [7, 11) is 0. The molecule has 4 aromatic rings. The van der Waals surface area contributed by atoms with Gasteiger partial charge in [0.25, 0.3) is 0 Å². The molecule has 0 aliphatic rings. The molecule has 0 N–H and O–H groups in total. The summed E-state index contributed by atoms with van der Waals surface area (Å²) < 4.78 is 73.2. The van der Waals surface area contributed by atoms with Crippen LogP contribution in [0.4, 0.5) is 22.0 Å². The van der Waals surface area contributed by atoms with Crippen molar-refractivity contribution in [3.05, 3.63) is 76.1 Å². The van der Waals surface area contributed by atoms with Crippen molar-refractivity contribution in [2.24, 2.45) is 0 Å². The SMILES string of the molecule is Cc1ccc2c(c1)c1c(F)c(C)c(F)cc1n2-c1cc(F)c(C)c(F)c1F. The average molecular weight is 375 g/mol. The summed E-state index contributed by atoms with van der Waals surface area (Å²) in [6, 6.07) is 6.86. The quantitative estimate of drug-likeness (QED) is 0.268. The first kappa shape index (κ1) is 17.5. The van der Waals surface area contributed by atoms with Crippen LogP contribution in [0.15, 0.2) is 30.3 Å². The molecule has 1 heterocycles. The van der Waals surface area contributed by atoms with Gasteiger partial charge in [-0.15, -0.1) is 0 Å². The van der Waals surface area contributed by atoms with Gasteiger partial charge in [0.1, 0.15) is 17.5 Å². The highest BCUT2D eigenvalue weighted by molar-refractivity contribution is 6.10. The smallest absolute Gasteiger partial charge is 0.183 e. The van der Waals surface area contributed by atoms with E-state index < -0.39 is 40.3 Å². The van der Waals surface area contributed by atoms with Crippen LogP contribution in [-0.4, -0.2) is 4.57 Å². The van der Waals surface area contributed by atoms with E-state index in [0.717, 1.165) is 29.2 Å². The van der Waals surface area contributed by atoms with E-state index >= 15 is 0 Å². The second-order valence-electron chi connectivity index (χ2n) is 6.68. The lowest BCUT2D eigenvalue weighted by Gasteiger charge is -2.12. The van der Waals surface area contributed by atoms with Crippen LogP contribution in [-0.2, 0) is 0 Å². The number of benzene rings is 3. The monoisotopic (exact) mass is 375 g/mol. The molecule has 0 saturated carbocycles. The number of nitrogens with zero attached hydrogens (tertiary/aromatic N) is 1. The lowest BCUT2D eigenvalue weighted by Crippen LogP contribution is -2.04. The first-order valence-corrected chi connectivity index (χ1v) is 8.26. The fourth-order valence-electron chi connectivity index (χ4n) is 3.41. The number of rotatable bonds is 1. The number of halogens is 5. The molecule has 1 nitrogen and oxygen atoms in total. The van der Waals surface area contributed by atoms with Gasteiger partial charge in [0.05, 0.1) is 16.7 Å². The third kappa shape index (κ3) is 2.36. The highest BCUT2D eigenvalue weighted by atomic mass is 19.2. The van der Waals surface area contributed by atoms with E-state index in [9.17, 15) is 22.0 Å². The third-order valence-electron chi connectivity index (χ3n) is 4.94. The zero-order valence-corrected chi connectivity index (χ0v) is 14.7. The van der Waals surface area contributed by atoms with E-state index in [0.29, 0.717) is 10.9 Å². The number of hydrogen-bond donors (Lipinski definition) is 0. The molecule has 0 aliphatic carbocycles. The maximum absolute atomic E-state index is 14.9. The molecule has 6 heteroatoms. The van der Waals surface area contributed by atoms with Crippen molar-refractivity contribution in [1.82, 2.24) is 4.57 Å². The molecule has 4 rings (SSSR count). The van der Waals surface area contributed by atoms with Crippen molar-refractivity contribution in [2.75, 3.05) is 0 Å². The molecule has 0 radical (unpaired) electrons. The predicted octanol–water partition coefficient (Wildman–Crippen LogP) is 6.40. The van der Waals surface area contributed by atoms with E-state index in [2.05, 4.69) is 0 Å². The molecule has 1 aromatic heterocycles. The first-order valence-electron chi connectivity index (χ1n) is 8.26. The van der Waals surface area contributed by atoms with Gasteiger partial charge in [-0.2, -0.15) is 0 Å². The Kier molecular flexibility index (Phi) is 3.77. The predicted molar refractivity (Wildman–Crippen MR) is 94.8 cm³/mol. The molecule has 0 amide bonds. The van der Waals surface area contributed by atoms with Gasteiger partial charge >= 0.3 is 0 Å². The Hall–Kier alpha value is -2.89. The van der Waals surface area contributed by atoms with Crippen molar-refractivity contribution >= 4 is 21.8 Å². The second kappa shape index (κ2) is 5.81. The Morgan fingerprint density at radius 2 is 1.30 bits per heavy atom. The molecule has 0 spiro atoms. The summed E-state index contributed by atoms with van der Waals surface area (Å²) in [5.41, 5.74) is 0.0523. The van der Waals surface area contributed by atoms with E-state index in [4.69, 9.17) is 0 Å². The Morgan fingerprint density at radius 3 is 2.00 bits per heavy atom. The largest absolute Gasteiger partial charge is 0.306 e. The topological polar surface area (TPSA) is 4.93 Å². The van der Waals surface area contributed by atoms with Gasteiger partial charge in [-0.25, -0.2) is 22.0 Å². The zero-order valence-electron chi connectivity index (χ0n) is 14.7. The Morgan fingerprint density at radius 1 is 0.667 bits per heavy atom. The van der Waals surface area contributed by atoms with Crippen molar-refractivity contribution in [2.45, 2.75) is 20.8 Å². The first-order chi connectivity index (χ1) is 12.7. The van der Waals surface area contributed by atoms with Crippen LogP contribution in [0.1, 0.15) is 16.7 Å². The minimum absolute atomic E-state index is 0.00208. The van der Waals surface area contributed by atoms with Crippen LogP contribution in [0.3, 0.4) is 0 Å². The molecule has 0 saturated heterocycles. The summed E-state index contributed by atoms with van der Waals surface area (Å²) in [4.78, 5) is 0. The van der Waals surface area contributed by atoms with E-state index in [-0.39, 0.29) is 16.5 Å². The summed E-state index contributed by atoms with van der Waals surface area (Å²) in [5.74, 6) is -5.17. The number of hydrogen-bond acceptors (Lipinski definition) is 0. The summed E-state index contributed by atoms with van der Waals surface area (Å²) >= 11 is 0. The second-order valence-corrected chi connectivity index (χ2v) is 6.68. The van der Waals surface area contributed by atoms with Gasteiger partial charge < -0.3 is 4.57 Å². The summed E-state index contributed by atoms with van der Waals surface area (Å²) in [6.45, 7) is 4.22. The lowest BCUT2D eigenvalue weighted by atomic mass is 10.1. The van der Waals surface area contributed by atoms with Gasteiger partial charge in [0.15, 0.2) is 11.6 Å². The van der Waals surface area contributed by atoms with Crippen molar-refractivity contribution < 1.29 is 22.0 Å². The van der Waals surface area contributed by atoms with Crippen LogP contribution in [0.5, 0.6) is 0 Å². The van der Waals surface area contributed by atoms with Crippen molar-refractivity contribution in [1.29, 1.82) is 0 Å². The average Bonchev–Trinajstić information content (AvgIpc) is 2.94. The van der Waals surface area contributed by atoms with E-state index in [1.54, 1.807) is 25.1 Å². The van der Waals surface area contributed by atoms with Crippen LogP contribution >= 0.6 is 0 Å². The van der Waals surface area contributed by atoms with Crippen LogP contribution < -0.4 is 0 Å². The van der Waals surface area contributed by atoms with Crippen molar-refractivity contribution in [3.63, 3.8) is 0 Å². The normalized spacial score (nSPS) is 11.7. The maximum atomic E-state index is 14.9. The zero-order chi connectivity index (χ0) is 19.6. The molecule has 0 bridgehead atoms. The van der Waals surface area contributed by atoms with Gasteiger partial charge in [0.2, 0.25) is 0 Å². The van der Waals surface area contributed by atoms with Crippen LogP contribution in [0.25, 0.3) is 27.5 Å². The number of fused-ring (bicyclic) bond motifs is 3. The maximum Gasteiger partial charge on any atom is 0.183 e. The van der Waals surface area contributed by atoms with Gasteiger partial charge in [-0.05, 0) is 39.0 Å². The van der Waals surface area contributed by atoms with Crippen molar-refractivity contribution in [3.8, 4) is 5.69 Å². The third-order valence-corrected chi connectivity index (χ3v) is 4.94. The Bertz CT molecular complexity index is 1250. The molecule has 27 heavy (non-hydrogen) atoms. The summed E-state index contributed by atoms with van der Waals surface area (Å²) in [6.07, 6.45) is 0. The van der Waals surface area contributed by atoms with Crippen LogP contribution in [0, 0.1) is 49.9 Å². The number of aryl methyl sites for hydroxylation is 1. The highest BCUT2D eigenvalue weighted by Crippen LogP contribution is 2.37. The minimum atomic E-state index is -1.33.